The molecule has 0 fully saturated rings. The van der Waals surface area contributed by atoms with E-state index in [1.165, 1.54) is 0 Å². The number of hydrogen-bond acceptors (Lipinski definition) is 5. The number of hydrogen-bond donors (Lipinski definition) is 0. The molecule has 1 atom stereocenters. The molecule has 1 aliphatic carbocycles. The van der Waals surface area contributed by atoms with E-state index in [1.807, 2.05) is 31.2 Å². The smallest absolute Gasteiger partial charge is 0.189 e. The van der Waals surface area contributed by atoms with Crippen molar-refractivity contribution in [3.8, 4) is 5.75 Å². The van der Waals surface area contributed by atoms with Crippen LogP contribution in [0.25, 0.3) is 0 Å². The summed E-state index contributed by atoms with van der Waals surface area (Å²) in [5, 5.41) is 0. The summed E-state index contributed by atoms with van der Waals surface area (Å²) in [6, 6.07) is 7.77. The molecule has 5 nitrogen and oxygen atoms in total. The van der Waals surface area contributed by atoms with Crippen LogP contribution in [-0.2, 0) is 19.0 Å². The van der Waals surface area contributed by atoms with Crippen LogP contribution in [0.2, 0.25) is 0 Å². The zero-order valence-corrected chi connectivity index (χ0v) is 13.7. The SMILES string of the molecule is CCOC1=CC(=O)CC(c2ccccc2OCOCCOC)C1. The molecule has 0 saturated heterocycles. The Morgan fingerprint density at radius 3 is 2.74 bits per heavy atom. The lowest BCUT2D eigenvalue weighted by molar-refractivity contribution is -0.115. The minimum absolute atomic E-state index is 0.0734. The summed E-state index contributed by atoms with van der Waals surface area (Å²) in [6.45, 7) is 3.66. The third kappa shape index (κ3) is 5.37. The van der Waals surface area contributed by atoms with Gasteiger partial charge in [0.05, 0.1) is 19.8 Å². The number of ketones is 1. The molecule has 23 heavy (non-hydrogen) atoms. The van der Waals surface area contributed by atoms with E-state index in [4.69, 9.17) is 18.9 Å². The molecule has 126 valence electrons. The summed E-state index contributed by atoms with van der Waals surface area (Å²) >= 11 is 0. The monoisotopic (exact) mass is 320 g/mol. The van der Waals surface area contributed by atoms with Crippen molar-refractivity contribution < 1.29 is 23.7 Å². The maximum atomic E-state index is 11.9. The standard InChI is InChI=1S/C18H24O5/c1-3-22-16-11-14(10-15(19)12-16)17-6-4-5-7-18(17)23-13-21-9-8-20-2/h4-7,12,14H,3,8-11,13H2,1-2H3. The lowest BCUT2D eigenvalue weighted by Gasteiger charge is -2.24. The number of allylic oxidation sites excluding steroid dienone is 2. The predicted molar refractivity (Wildman–Crippen MR) is 86.5 cm³/mol. The maximum absolute atomic E-state index is 11.9. The largest absolute Gasteiger partial charge is 0.498 e. The van der Waals surface area contributed by atoms with E-state index in [2.05, 4.69) is 0 Å². The van der Waals surface area contributed by atoms with Crippen molar-refractivity contribution in [3.05, 3.63) is 41.7 Å². The first kappa shape index (κ1) is 17.5. The number of para-hydroxylation sites is 1. The average Bonchev–Trinajstić information content (AvgIpc) is 2.55. The summed E-state index contributed by atoms with van der Waals surface area (Å²) in [6.07, 6.45) is 2.79. The Morgan fingerprint density at radius 2 is 1.96 bits per heavy atom. The molecule has 0 bridgehead atoms. The molecular weight excluding hydrogens is 296 g/mol. The Morgan fingerprint density at radius 1 is 1.13 bits per heavy atom. The van der Waals surface area contributed by atoms with Crippen molar-refractivity contribution in [2.45, 2.75) is 25.7 Å². The number of methoxy groups -OCH3 is 1. The van der Waals surface area contributed by atoms with E-state index in [0.717, 1.165) is 17.1 Å². The highest BCUT2D eigenvalue weighted by molar-refractivity contribution is 5.91. The van der Waals surface area contributed by atoms with Gasteiger partial charge in [-0.1, -0.05) is 18.2 Å². The minimum Gasteiger partial charge on any atom is -0.498 e. The molecular formula is C18H24O5. The number of rotatable bonds is 9. The fraction of sp³-hybridized carbons (Fsp3) is 0.500. The first-order chi connectivity index (χ1) is 11.2. The predicted octanol–water partition coefficient (Wildman–Crippen LogP) is 3.05. The fourth-order valence-electron chi connectivity index (χ4n) is 2.62. The first-order valence-corrected chi connectivity index (χ1v) is 7.89. The van der Waals surface area contributed by atoms with Crippen molar-refractivity contribution in [1.82, 2.24) is 0 Å². The molecule has 0 aliphatic heterocycles. The van der Waals surface area contributed by atoms with Crippen molar-refractivity contribution >= 4 is 5.78 Å². The van der Waals surface area contributed by atoms with Crippen molar-refractivity contribution in [3.63, 3.8) is 0 Å². The van der Waals surface area contributed by atoms with Gasteiger partial charge in [-0.3, -0.25) is 4.79 Å². The molecule has 0 amide bonds. The van der Waals surface area contributed by atoms with Gasteiger partial charge in [-0.25, -0.2) is 0 Å². The highest BCUT2D eigenvalue weighted by atomic mass is 16.7. The van der Waals surface area contributed by atoms with Gasteiger partial charge in [-0.15, -0.1) is 0 Å². The lowest BCUT2D eigenvalue weighted by atomic mass is 9.85. The second kappa shape index (κ2) is 9.33. The number of benzene rings is 1. The van der Waals surface area contributed by atoms with E-state index < -0.39 is 0 Å². The zero-order chi connectivity index (χ0) is 16.5. The van der Waals surface area contributed by atoms with Crippen molar-refractivity contribution in [2.75, 3.05) is 33.7 Å². The van der Waals surface area contributed by atoms with E-state index in [9.17, 15) is 4.79 Å². The van der Waals surface area contributed by atoms with Gasteiger partial charge in [-0.05, 0) is 18.6 Å². The number of carbonyl (C=O) groups is 1. The third-order valence-corrected chi connectivity index (χ3v) is 3.64. The summed E-state index contributed by atoms with van der Waals surface area (Å²) in [5.74, 6) is 1.67. The molecule has 0 spiro atoms. The summed E-state index contributed by atoms with van der Waals surface area (Å²) in [7, 11) is 1.63. The summed E-state index contributed by atoms with van der Waals surface area (Å²) in [5.41, 5.74) is 1.02. The fourth-order valence-corrected chi connectivity index (χ4v) is 2.62. The summed E-state index contributed by atoms with van der Waals surface area (Å²) in [4.78, 5) is 11.9. The van der Waals surface area contributed by atoms with Gasteiger partial charge < -0.3 is 18.9 Å². The number of ether oxygens (including phenoxy) is 4. The van der Waals surface area contributed by atoms with Gasteiger partial charge in [0.25, 0.3) is 0 Å². The van der Waals surface area contributed by atoms with Crippen LogP contribution < -0.4 is 4.74 Å². The van der Waals surface area contributed by atoms with E-state index in [0.29, 0.717) is 32.7 Å². The van der Waals surface area contributed by atoms with Gasteiger partial charge in [-0.2, -0.15) is 0 Å². The van der Waals surface area contributed by atoms with E-state index >= 15 is 0 Å². The van der Waals surface area contributed by atoms with E-state index in [-0.39, 0.29) is 18.5 Å². The molecule has 0 aromatic heterocycles. The van der Waals surface area contributed by atoms with Crippen LogP contribution in [0, 0.1) is 0 Å². The van der Waals surface area contributed by atoms with Gasteiger partial charge in [0, 0.05) is 31.9 Å². The molecule has 2 rings (SSSR count). The van der Waals surface area contributed by atoms with Crippen molar-refractivity contribution in [2.24, 2.45) is 0 Å². The van der Waals surface area contributed by atoms with Gasteiger partial charge in [0.15, 0.2) is 12.6 Å². The van der Waals surface area contributed by atoms with Crippen LogP contribution in [0.4, 0.5) is 0 Å². The highest BCUT2D eigenvalue weighted by Crippen LogP contribution is 2.36. The molecule has 0 heterocycles. The quantitative estimate of drug-likeness (QED) is 0.517. The van der Waals surface area contributed by atoms with Crippen molar-refractivity contribution in [1.29, 1.82) is 0 Å². The molecule has 0 N–H and O–H groups in total. The van der Waals surface area contributed by atoms with Crippen LogP contribution in [0.1, 0.15) is 31.2 Å². The topological polar surface area (TPSA) is 54.0 Å². The molecule has 5 heteroatoms. The Kier molecular flexibility index (Phi) is 7.10. The Hall–Kier alpha value is -1.85. The van der Waals surface area contributed by atoms with Gasteiger partial charge in [0.1, 0.15) is 11.5 Å². The molecule has 1 aliphatic rings. The molecule has 0 saturated carbocycles. The summed E-state index contributed by atoms with van der Waals surface area (Å²) < 4.78 is 21.5. The van der Waals surface area contributed by atoms with Gasteiger partial charge >= 0.3 is 0 Å². The molecule has 1 unspecified atom stereocenters. The first-order valence-electron chi connectivity index (χ1n) is 7.89. The van der Waals surface area contributed by atoms with Crippen LogP contribution in [-0.4, -0.2) is 39.5 Å². The molecule has 1 aromatic carbocycles. The normalized spacial score (nSPS) is 17.7. The molecule has 0 radical (unpaired) electrons. The van der Waals surface area contributed by atoms with Crippen LogP contribution in [0.5, 0.6) is 5.75 Å². The zero-order valence-electron chi connectivity index (χ0n) is 13.7. The van der Waals surface area contributed by atoms with Crippen LogP contribution >= 0.6 is 0 Å². The Balaban J connectivity index is 2.02. The Labute approximate surface area is 137 Å². The van der Waals surface area contributed by atoms with Crippen LogP contribution in [0.15, 0.2) is 36.1 Å². The second-order valence-electron chi connectivity index (χ2n) is 5.32. The van der Waals surface area contributed by atoms with Crippen LogP contribution in [0.3, 0.4) is 0 Å². The Bertz CT molecular complexity index is 538. The lowest BCUT2D eigenvalue weighted by Crippen LogP contribution is -2.16. The average molecular weight is 320 g/mol. The highest BCUT2D eigenvalue weighted by Gasteiger charge is 2.25. The third-order valence-electron chi connectivity index (χ3n) is 3.64. The second-order valence-corrected chi connectivity index (χ2v) is 5.32. The minimum atomic E-state index is 0.0734. The van der Waals surface area contributed by atoms with Gasteiger partial charge in [0.2, 0.25) is 0 Å². The number of carbonyl (C=O) groups excluding carboxylic acids is 1. The van der Waals surface area contributed by atoms with E-state index in [1.54, 1.807) is 13.2 Å². The molecule has 1 aromatic rings. The maximum Gasteiger partial charge on any atom is 0.189 e.